The highest BCUT2D eigenvalue weighted by Crippen LogP contribution is 2.12. The highest BCUT2D eigenvalue weighted by Gasteiger charge is 2.04. The third kappa shape index (κ3) is 7.36. The molecule has 0 spiro atoms. The molecule has 0 atom stereocenters. The van der Waals surface area contributed by atoms with Crippen molar-refractivity contribution in [2.45, 2.75) is 5.16 Å². The lowest BCUT2D eigenvalue weighted by atomic mass is 10.2. The van der Waals surface area contributed by atoms with Crippen LogP contribution >= 0.6 is 11.8 Å². The van der Waals surface area contributed by atoms with Crippen LogP contribution in [0.15, 0.2) is 83.3 Å². The number of carbonyl (C=O) groups excluding carboxylic acids is 2. The smallest absolute Gasteiger partial charge is 0.262 e. The first-order chi connectivity index (χ1) is 14.7. The van der Waals surface area contributed by atoms with Crippen molar-refractivity contribution in [2.24, 2.45) is 5.10 Å². The molecule has 2 N–H and O–H groups in total. The number of amides is 2. The fraction of sp³-hybridized carbons (Fsp3) is 0.0952. The van der Waals surface area contributed by atoms with Gasteiger partial charge in [-0.25, -0.2) is 15.4 Å². The van der Waals surface area contributed by atoms with E-state index < -0.39 is 0 Å². The van der Waals surface area contributed by atoms with E-state index in [1.807, 2.05) is 18.2 Å². The Bertz CT molecular complexity index is 983. The SMILES string of the molecule is O=C(CSc1ncccn1)N/N=C\c1ccc(OCC(=O)Nc2ccccc2)cc1. The van der Waals surface area contributed by atoms with E-state index in [0.29, 0.717) is 10.9 Å². The number of rotatable bonds is 9. The van der Waals surface area contributed by atoms with Crippen molar-refractivity contribution in [1.82, 2.24) is 15.4 Å². The summed E-state index contributed by atoms with van der Waals surface area (Å²) >= 11 is 1.23. The second kappa shape index (κ2) is 11.3. The predicted octanol–water partition coefficient (Wildman–Crippen LogP) is 2.74. The van der Waals surface area contributed by atoms with Crippen LogP contribution in [0, 0.1) is 0 Å². The van der Waals surface area contributed by atoms with E-state index in [2.05, 4.69) is 25.8 Å². The van der Waals surface area contributed by atoms with Crippen molar-refractivity contribution in [3.05, 3.63) is 78.6 Å². The summed E-state index contributed by atoms with van der Waals surface area (Å²) in [6, 6.07) is 17.9. The fourth-order valence-corrected chi connectivity index (χ4v) is 2.81. The molecular weight excluding hydrogens is 402 g/mol. The van der Waals surface area contributed by atoms with Crippen LogP contribution < -0.4 is 15.5 Å². The molecule has 9 heteroatoms. The largest absolute Gasteiger partial charge is 0.484 e. The minimum absolute atomic E-state index is 0.0960. The molecule has 2 amide bonds. The summed E-state index contributed by atoms with van der Waals surface area (Å²) in [5, 5.41) is 7.20. The molecule has 0 saturated carbocycles. The van der Waals surface area contributed by atoms with E-state index in [-0.39, 0.29) is 24.2 Å². The van der Waals surface area contributed by atoms with Gasteiger partial charge in [-0.2, -0.15) is 5.10 Å². The van der Waals surface area contributed by atoms with Gasteiger partial charge in [0.2, 0.25) is 0 Å². The number of thioether (sulfide) groups is 1. The van der Waals surface area contributed by atoms with E-state index in [1.54, 1.807) is 54.9 Å². The van der Waals surface area contributed by atoms with E-state index >= 15 is 0 Å². The van der Waals surface area contributed by atoms with Crippen LogP contribution in [0.25, 0.3) is 0 Å². The third-order valence-corrected chi connectivity index (χ3v) is 4.46. The Hall–Kier alpha value is -3.72. The first kappa shape index (κ1) is 21.0. The molecule has 0 aliphatic carbocycles. The number of nitrogens with zero attached hydrogens (tertiary/aromatic N) is 3. The molecule has 0 fully saturated rings. The summed E-state index contributed by atoms with van der Waals surface area (Å²) in [5.74, 6) is 0.221. The molecule has 0 aliphatic heterocycles. The molecule has 0 saturated heterocycles. The van der Waals surface area contributed by atoms with Crippen LogP contribution in [0.5, 0.6) is 5.75 Å². The summed E-state index contributed by atoms with van der Waals surface area (Å²) in [7, 11) is 0. The lowest BCUT2D eigenvalue weighted by molar-refractivity contribution is -0.119. The molecular formula is C21H19N5O3S. The van der Waals surface area contributed by atoms with Crippen LogP contribution in [-0.4, -0.2) is 40.4 Å². The monoisotopic (exact) mass is 421 g/mol. The van der Waals surface area contributed by atoms with Crippen LogP contribution in [0.4, 0.5) is 5.69 Å². The molecule has 1 aromatic heterocycles. The van der Waals surface area contributed by atoms with Crippen molar-refractivity contribution in [3.63, 3.8) is 0 Å². The van der Waals surface area contributed by atoms with Gasteiger partial charge in [0.25, 0.3) is 11.8 Å². The lowest BCUT2D eigenvalue weighted by Gasteiger charge is -2.07. The maximum atomic E-state index is 11.9. The zero-order chi connectivity index (χ0) is 21.0. The highest BCUT2D eigenvalue weighted by atomic mass is 32.2. The van der Waals surface area contributed by atoms with Gasteiger partial charge in [-0.1, -0.05) is 30.0 Å². The minimum Gasteiger partial charge on any atom is -0.484 e. The summed E-state index contributed by atoms with van der Waals surface area (Å²) in [5.41, 5.74) is 3.94. The average Bonchev–Trinajstić information content (AvgIpc) is 2.78. The number of carbonyl (C=O) groups is 2. The number of benzene rings is 2. The summed E-state index contributed by atoms with van der Waals surface area (Å²) in [4.78, 5) is 31.7. The zero-order valence-corrected chi connectivity index (χ0v) is 16.7. The number of aromatic nitrogens is 2. The Morgan fingerprint density at radius 1 is 0.967 bits per heavy atom. The first-order valence-electron chi connectivity index (χ1n) is 8.98. The van der Waals surface area contributed by atoms with Gasteiger partial charge in [0.05, 0.1) is 12.0 Å². The topological polar surface area (TPSA) is 106 Å². The van der Waals surface area contributed by atoms with Gasteiger partial charge >= 0.3 is 0 Å². The van der Waals surface area contributed by atoms with E-state index in [9.17, 15) is 9.59 Å². The quantitative estimate of drug-likeness (QED) is 0.238. The highest BCUT2D eigenvalue weighted by molar-refractivity contribution is 7.99. The lowest BCUT2D eigenvalue weighted by Crippen LogP contribution is -2.20. The molecule has 8 nitrogen and oxygen atoms in total. The Morgan fingerprint density at radius 3 is 2.43 bits per heavy atom. The number of hydrogen-bond donors (Lipinski definition) is 2. The molecule has 3 aromatic rings. The van der Waals surface area contributed by atoms with Crippen LogP contribution in [0.3, 0.4) is 0 Å². The van der Waals surface area contributed by atoms with Crippen LogP contribution in [-0.2, 0) is 9.59 Å². The Labute approximate surface area is 177 Å². The van der Waals surface area contributed by atoms with Crippen molar-refractivity contribution in [2.75, 3.05) is 17.7 Å². The molecule has 0 radical (unpaired) electrons. The van der Waals surface area contributed by atoms with Gasteiger partial charge in [-0.3, -0.25) is 9.59 Å². The number of hydrogen-bond acceptors (Lipinski definition) is 7. The number of ether oxygens (including phenoxy) is 1. The molecule has 3 rings (SSSR count). The van der Waals surface area contributed by atoms with Gasteiger partial charge in [0, 0.05) is 18.1 Å². The standard InChI is InChI=1S/C21H19N5O3S/c27-19(25-17-5-2-1-3-6-17)14-29-18-9-7-16(8-10-18)13-24-26-20(28)15-30-21-22-11-4-12-23-21/h1-13H,14-15H2,(H,25,27)(H,26,28)/b24-13-. The normalized spacial score (nSPS) is 10.5. The second-order valence-corrected chi connectivity index (χ2v) is 6.83. The Kier molecular flexibility index (Phi) is 7.93. The molecule has 152 valence electrons. The minimum atomic E-state index is -0.256. The number of anilines is 1. The summed E-state index contributed by atoms with van der Waals surface area (Å²) in [6.45, 7) is -0.0960. The zero-order valence-electron chi connectivity index (χ0n) is 15.9. The maximum Gasteiger partial charge on any atom is 0.262 e. The van der Waals surface area contributed by atoms with Gasteiger partial charge in [0.15, 0.2) is 11.8 Å². The third-order valence-electron chi connectivity index (χ3n) is 3.58. The van der Waals surface area contributed by atoms with Gasteiger partial charge in [-0.15, -0.1) is 0 Å². The van der Waals surface area contributed by atoms with Gasteiger partial charge in [0.1, 0.15) is 5.75 Å². The van der Waals surface area contributed by atoms with Crippen molar-refractivity contribution >= 4 is 35.5 Å². The van der Waals surface area contributed by atoms with Gasteiger partial charge < -0.3 is 10.1 Å². The number of hydrazone groups is 1. The molecule has 0 bridgehead atoms. The van der Waals surface area contributed by atoms with E-state index in [1.165, 1.54) is 18.0 Å². The maximum absolute atomic E-state index is 11.9. The molecule has 30 heavy (non-hydrogen) atoms. The van der Waals surface area contributed by atoms with Crippen LogP contribution in [0.2, 0.25) is 0 Å². The molecule has 1 heterocycles. The van der Waals surface area contributed by atoms with Gasteiger partial charge in [-0.05, 0) is 48.0 Å². The fourth-order valence-electron chi connectivity index (χ4n) is 2.22. The number of nitrogens with one attached hydrogen (secondary N) is 2. The first-order valence-corrected chi connectivity index (χ1v) is 9.97. The predicted molar refractivity (Wildman–Crippen MR) is 116 cm³/mol. The van der Waals surface area contributed by atoms with E-state index in [0.717, 1.165) is 11.3 Å². The van der Waals surface area contributed by atoms with E-state index in [4.69, 9.17) is 4.74 Å². The van der Waals surface area contributed by atoms with Crippen LogP contribution in [0.1, 0.15) is 5.56 Å². The summed E-state index contributed by atoms with van der Waals surface area (Å²) < 4.78 is 5.47. The average molecular weight is 421 g/mol. The summed E-state index contributed by atoms with van der Waals surface area (Å²) in [6.07, 6.45) is 4.76. The second-order valence-electron chi connectivity index (χ2n) is 5.89. The number of para-hydroxylation sites is 1. The molecule has 0 unspecified atom stereocenters. The molecule has 2 aromatic carbocycles. The Morgan fingerprint density at radius 2 is 1.70 bits per heavy atom. The van der Waals surface area contributed by atoms with Crippen molar-refractivity contribution < 1.29 is 14.3 Å². The van der Waals surface area contributed by atoms with Crippen molar-refractivity contribution in [1.29, 1.82) is 0 Å². The Balaban J connectivity index is 1.38. The molecule has 0 aliphatic rings. The van der Waals surface area contributed by atoms with Crippen molar-refractivity contribution in [3.8, 4) is 5.75 Å².